The maximum atomic E-state index is 12.9. The van der Waals surface area contributed by atoms with Crippen molar-refractivity contribution in [3.63, 3.8) is 0 Å². The highest BCUT2D eigenvalue weighted by Crippen LogP contribution is 2.28. The molecular formula is C22H25N3O4. The third kappa shape index (κ3) is 4.10. The second kappa shape index (κ2) is 8.61. The van der Waals surface area contributed by atoms with Crippen molar-refractivity contribution in [1.29, 1.82) is 0 Å². The number of amides is 2. The van der Waals surface area contributed by atoms with E-state index in [-0.39, 0.29) is 17.9 Å². The Hall–Kier alpha value is -2.93. The van der Waals surface area contributed by atoms with Crippen molar-refractivity contribution in [3.05, 3.63) is 48.2 Å². The lowest BCUT2D eigenvalue weighted by Gasteiger charge is -2.35. The van der Waals surface area contributed by atoms with Gasteiger partial charge in [0.2, 0.25) is 5.88 Å². The van der Waals surface area contributed by atoms with Crippen LogP contribution < -0.4 is 4.74 Å². The van der Waals surface area contributed by atoms with E-state index in [1.54, 1.807) is 18.2 Å². The molecule has 0 bridgehead atoms. The predicted molar refractivity (Wildman–Crippen MR) is 108 cm³/mol. The van der Waals surface area contributed by atoms with Gasteiger partial charge in [0.1, 0.15) is 6.10 Å². The van der Waals surface area contributed by atoms with Crippen LogP contribution in [-0.4, -0.2) is 72.6 Å². The average Bonchev–Trinajstić information content (AvgIpc) is 3.33. The molecule has 152 valence electrons. The summed E-state index contributed by atoms with van der Waals surface area (Å²) >= 11 is 0. The number of methoxy groups -OCH3 is 1. The van der Waals surface area contributed by atoms with E-state index in [1.807, 2.05) is 41.3 Å². The summed E-state index contributed by atoms with van der Waals surface area (Å²) in [6.07, 6.45) is 3.12. The van der Waals surface area contributed by atoms with Gasteiger partial charge in [-0.15, -0.1) is 0 Å². The molecule has 3 heterocycles. The van der Waals surface area contributed by atoms with Crippen LogP contribution in [0.15, 0.2) is 42.6 Å². The molecule has 1 aromatic heterocycles. The lowest BCUT2D eigenvalue weighted by molar-refractivity contribution is -0.142. The van der Waals surface area contributed by atoms with Crippen LogP contribution in [0.1, 0.15) is 23.2 Å². The van der Waals surface area contributed by atoms with Gasteiger partial charge in [-0.05, 0) is 42.7 Å². The second-order valence-corrected chi connectivity index (χ2v) is 7.26. The zero-order chi connectivity index (χ0) is 20.2. The van der Waals surface area contributed by atoms with Crippen molar-refractivity contribution < 1.29 is 19.1 Å². The van der Waals surface area contributed by atoms with Gasteiger partial charge in [0, 0.05) is 50.1 Å². The molecule has 2 amide bonds. The molecule has 2 aliphatic heterocycles. The summed E-state index contributed by atoms with van der Waals surface area (Å²) in [6, 6.07) is 11.3. The van der Waals surface area contributed by atoms with Crippen LogP contribution in [0.2, 0.25) is 0 Å². The minimum atomic E-state index is -0.297. The number of hydrogen-bond donors (Lipinski definition) is 0. The van der Waals surface area contributed by atoms with E-state index in [0.717, 1.165) is 24.0 Å². The smallest absolute Gasteiger partial charge is 0.253 e. The predicted octanol–water partition coefficient (Wildman–Crippen LogP) is 2.22. The Morgan fingerprint density at radius 2 is 1.79 bits per heavy atom. The maximum Gasteiger partial charge on any atom is 0.253 e. The minimum absolute atomic E-state index is 0.0149. The van der Waals surface area contributed by atoms with Crippen molar-refractivity contribution in [2.75, 3.05) is 39.9 Å². The first kappa shape index (κ1) is 19.4. The molecule has 4 rings (SSSR count). The van der Waals surface area contributed by atoms with Gasteiger partial charge < -0.3 is 19.3 Å². The van der Waals surface area contributed by atoms with Crippen LogP contribution in [0, 0.1) is 0 Å². The van der Waals surface area contributed by atoms with Gasteiger partial charge in [-0.1, -0.05) is 12.1 Å². The molecule has 2 aromatic rings. The van der Waals surface area contributed by atoms with Crippen molar-refractivity contribution in [3.8, 4) is 17.0 Å². The number of carbonyl (C=O) groups excluding carboxylic acids is 2. The molecule has 7 nitrogen and oxygen atoms in total. The Labute approximate surface area is 170 Å². The second-order valence-electron chi connectivity index (χ2n) is 7.26. The van der Waals surface area contributed by atoms with Gasteiger partial charge in [0.25, 0.3) is 11.8 Å². The third-order valence-electron chi connectivity index (χ3n) is 5.49. The normalized spacial score (nSPS) is 19.3. The largest absolute Gasteiger partial charge is 0.481 e. The lowest BCUT2D eigenvalue weighted by atomic mass is 10.0. The van der Waals surface area contributed by atoms with Crippen molar-refractivity contribution in [2.45, 2.75) is 18.9 Å². The van der Waals surface area contributed by atoms with E-state index in [1.165, 1.54) is 0 Å². The first-order chi connectivity index (χ1) is 14.2. The van der Waals surface area contributed by atoms with Crippen LogP contribution >= 0.6 is 0 Å². The molecule has 0 N–H and O–H groups in total. The summed E-state index contributed by atoms with van der Waals surface area (Å²) in [5.41, 5.74) is 2.46. The summed E-state index contributed by atoms with van der Waals surface area (Å²) in [6.45, 7) is 2.84. The number of nitrogens with zero attached hydrogens (tertiary/aromatic N) is 3. The van der Waals surface area contributed by atoms with Crippen LogP contribution in [0.3, 0.4) is 0 Å². The van der Waals surface area contributed by atoms with Crippen LogP contribution in [0.25, 0.3) is 11.1 Å². The number of pyridine rings is 1. The molecule has 0 aliphatic carbocycles. The maximum absolute atomic E-state index is 12.9. The molecule has 0 saturated carbocycles. The molecule has 0 radical (unpaired) electrons. The SMILES string of the molecule is COc1ncccc1-c1ccc(C(=O)N2CCN(C(=O)[C@@H]3CCCO3)CC2)cc1. The summed E-state index contributed by atoms with van der Waals surface area (Å²) in [4.78, 5) is 33.2. The Bertz CT molecular complexity index is 870. The molecule has 2 fully saturated rings. The Morgan fingerprint density at radius 3 is 2.45 bits per heavy atom. The summed E-state index contributed by atoms with van der Waals surface area (Å²) < 4.78 is 10.8. The van der Waals surface area contributed by atoms with Crippen molar-refractivity contribution in [2.24, 2.45) is 0 Å². The monoisotopic (exact) mass is 395 g/mol. The molecule has 2 saturated heterocycles. The van der Waals surface area contributed by atoms with E-state index in [9.17, 15) is 9.59 Å². The lowest BCUT2D eigenvalue weighted by Crippen LogP contribution is -2.52. The fourth-order valence-corrected chi connectivity index (χ4v) is 3.85. The van der Waals surface area contributed by atoms with Crippen molar-refractivity contribution >= 4 is 11.8 Å². The zero-order valence-corrected chi connectivity index (χ0v) is 16.5. The molecule has 7 heteroatoms. The summed E-state index contributed by atoms with van der Waals surface area (Å²) in [5, 5.41) is 0. The van der Waals surface area contributed by atoms with E-state index in [2.05, 4.69) is 4.98 Å². The molecular weight excluding hydrogens is 370 g/mol. The summed E-state index contributed by atoms with van der Waals surface area (Å²) in [7, 11) is 1.59. The quantitative estimate of drug-likeness (QED) is 0.794. The Morgan fingerprint density at radius 1 is 1.07 bits per heavy atom. The average molecular weight is 395 g/mol. The van der Waals surface area contributed by atoms with Crippen molar-refractivity contribution in [1.82, 2.24) is 14.8 Å². The summed E-state index contributed by atoms with van der Waals surface area (Å²) in [5.74, 6) is 0.599. The topological polar surface area (TPSA) is 72.0 Å². The van der Waals surface area contributed by atoms with Gasteiger partial charge in [-0.2, -0.15) is 0 Å². The van der Waals surface area contributed by atoms with E-state index in [4.69, 9.17) is 9.47 Å². The zero-order valence-electron chi connectivity index (χ0n) is 16.5. The molecule has 2 aliphatic rings. The van der Waals surface area contributed by atoms with Gasteiger partial charge in [-0.3, -0.25) is 9.59 Å². The fraction of sp³-hybridized carbons (Fsp3) is 0.409. The van der Waals surface area contributed by atoms with Crippen LogP contribution in [0.5, 0.6) is 5.88 Å². The first-order valence-corrected chi connectivity index (χ1v) is 9.96. The van der Waals surface area contributed by atoms with Gasteiger partial charge in [0.15, 0.2) is 0 Å². The van der Waals surface area contributed by atoms with Gasteiger partial charge >= 0.3 is 0 Å². The highest BCUT2D eigenvalue weighted by atomic mass is 16.5. The highest BCUT2D eigenvalue weighted by Gasteiger charge is 2.31. The highest BCUT2D eigenvalue weighted by molar-refractivity contribution is 5.95. The number of carbonyl (C=O) groups is 2. The van der Waals surface area contributed by atoms with E-state index in [0.29, 0.717) is 44.2 Å². The number of piperazine rings is 1. The molecule has 29 heavy (non-hydrogen) atoms. The molecule has 1 atom stereocenters. The van der Waals surface area contributed by atoms with E-state index < -0.39 is 0 Å². The van der Waals surface area contributed by atoms with E-state index >= 15 is 0 Å². The Balaban J connectivity index is 1.38. The molecule has 0 unspecified atom stereocenters. The standard InChI is InChI=1S/C22H25N3O4/c1-28-20-18(4-2-10-23-20)16-6-8-17(9-7-16)21(26)24-11-13-25(14-12-24)22(27)19-5-3-15-29-19/h2,4,6-10,19H,3,5,11-15H2,1H3/t19-/m0/s1. The number of ether oxygens (including phenoxy) is 2. The number of benzene rings is 1. The minimum Gasteiger partial charge on any atom is -0.481 e. The number of rotatable bonds is 4. The van der Waals surface area contributed by atoms with Gasteiger partial charge in [-0.25, -0.2) is 4.98 Å². The molecule has 0 spiro atoms. The number of aromatic nitrogens is 1. The first-order valence-electron chi connectivity index (χ1n) is 9.96. The third-order valence-corrected chi connectivity index (χ3v) is 5.49. The molecule has 1 aromatic carbocycles. The van der Waals surface area contributed by atoms with Crippen LogP contribution in [0.4, 0.5) is 0 Å². The van der Waals surface area contributed by atoms with Gasteiger partial charge in [0.05, 0.1) is 7.11 Å². The number of hydrogen-bond acceptors (Lipinski definition) is 5. The Kier molecular flexibility index (Phi) is 5.76. The fourth-order valence-electron chi connectivity index (χ4n) is 3.85. The van der Waals surface area contributed by atoms with Crippen LogP contribution in [-0.2, 0) is 9.53 Å².